The number of fused-ring (bicyclic) bond motifs is 1. The van der Waals surface area contributed by atoms with Crippen LogP contribution in [-0.2, 0) is 9.47 Å². The molecule has 0 N–H and O–H groups in total. The molecule has 0 saturated carbocycles. The summed E-state index contributed by atoms with van der Waals surface area (Å²) in [7, 11) is 0. The van der Waals surface area contributed by atoms with Crippen molar-refractivity contribution in [3.63, 3.8) is 0 Å². The molecule has 174 valence electrons. The third-order valence-corrected chi connectivity index (χ3v) is 4.34. The third kappa shape index (κ3) is 6.87. The Bertz CT molecular complexity index is 1090. The van der Waals surface area contributed by atoms with Gasteiger partial charge in [0.2, 0.25) is 0 Å². The van der Waals surface area contributed by atoms with Gasteiger partial charge in [-0.05, 0) is 24.0 Å². The van der Waals surface area contributed by atoms with E-state index in [0.717, 1.165) is 0 Å². The first-order valence-electron chi connectivity index (χ1n) is 10.8. The molecule has 0 spiro atoms. The van der Waals surface area contributed by atoms with Crippen LogP contribution < -0.4 is 14.2 Å². The van der Waals surface area contributed by atoms with Crippen molar-refractivity contribution in [1.82, 2.24) is 0 Å². The average Bonchev–Trinajstić information content (AvgIpc) is 2.79. The van der Waals surface area contributed by atoms with E-state index in [-0.39, 0.29) is 42.3 Å². The molecule has 0 aliphatic carbocycles. The molecular weight excluding hydrogens is 424 g/mol. The van der Waals surface area contributed by atoms with Crippen LogP contribution in [0.1, 0.15) is 27.7 Å². The van der Waals surface area contributed by atoms with E-state index in [1.54, 1.807) is 36.4 Å². The highest BCUT2D eigenvalue weighted by Crippen LogP contribution is 2.43. The Kier molecular flexibility index (Phi) is 8.13. The lowest BCUT2D eigenvalue weighted by atomic mass is 10.1. The van der Waals surface area contributed by atoms with E-state index in [1.807, 2.05) is 45.9 Å². The van der Waals surface area contributed by atoms with Gasteiger partial charge in [-0.15, -0.1) is 0 Å². The highest BCUT2D eigenvalue weighted by molar-refractivity contribution is 5.97. The van der Waals surface area contributed by atoms with Crippen LogP contribution >= 0.6 is 0 Å². The first-order chi connectivity index (χ1) is 15.8. The molecule has 7 nitrogen and oxygen atoms in total. The highest BCUT2D eigenvalue weighted by atomic mass is 16.7. The van der Waals surface area contributed by atoms with Crippen molar-refractivity contribution in [2.75, 3.05) is 13.2 Å². The molecule has 0 fully saturated rings. The van der Waals surface area contributed by atoms with Crippen LogP contribution in [0.5, 0.6) is 23.0 Å². The molecule has 0 radical (unpaired) electrons. The second-order valence-electron chi connectivity index (χ2n) is 8.28. The number of hydrogen-bond acceptors (Lipinski definition) is 7. The number of benzene rings is 3. The molecule has 33 heavy (non-hydrogen) atoms. The normalized spacial score (nSPS) is 10.8. The molecular formula is C26H28O7. The molecule has 0 bridgehead atoms. The number of hydrogen-bond donors (Lipinski definition) is 0. The zero-order valence-electron chi connectivity index (χ0n) is 19.2. The van der Waals surface area contributed by atoms with E-state index in [9.17, 15) is 9.59 Å². The standard InChI is InChI=1S/C26H28O7/c1-17(2)15-29-25(27)32-22-14-23(31-19-10-6-5-7-11-19)24(21-13-9-8-12-20(21)22)33-26(28)30-16-18(3)4/h5-14,17-18H,15-16H2,1-4H3. The minimum absolute atomic E-state index is 0.155. The van der Waals surface area contributed by atoms with Crippen LogP contribution in [0.4, 0.5) is 9.59 Å². The Morgan fingerprint density at radius 3 is 1.85 bits per heavy atom. The van der Waals surface area contributed by atoms with Crippen LogP contribution in [0.2, 0.25) is 0 Å². The maximum absolute atomic E-state index is 12.4. The van der Waals surface area contributed by atoms with E-state index in [4.69, 9.17) is 23.7 Å². The number of para-hydroxylation sites is 1. The Morgan fingerprint density at radius 1 is 0.697 bits per heavy atom. The number of rotatable bonds is 8. The van der Waals surface area contributed by atoms with Crippen molar-refractivity contribution in [2.24, 2.45) is 11.8 Å². The predicted molar refractivity (Wildman–Crippen MR) is 124 cm³/mol. The zero-order chi connectivity index (χ0) is 23.8. The maximum Gasteiger partial charge on any atom is 0.514 e. The van der Waals surface area contributed by atoms with E-state index >= 15 is 0 Å². The van der Waals surface area contributed by atoms with Crippen molar-refractivity contribution in [1.29, 1.82) is 0 Å². The van der Waals surface area contributed by atoms with Crippen LogP contribution in [-0.4, -0.2) is 25.5 Å². The lowest BCUT2D eigenvalue weighted by Gasteiger charge is -2.17. The smallest absolute Gasteiger partial charge is 0.453 e. The SMILES string of the molecule is CC(C)COC(=O)Oc1cc(Oc2ccccc2)c(OC(=O)OCC(C)C)c2ccccc12. The largest absolute Gasteiger partial charge is 0.514 e. The van der Waals surface area contributed by atoms with Gasteiger partial charge in [0.25, 0.3) is 0 Å². The molecule has 0 aliphatic heterocycles. The third-order valence-electron chi connectivity index (χ3n) is 4.34. The fourth-order valence-corrected chi connectivity index (χ4v) is 2.87. The average molecular weight is 453 g/mol. The molecule has 7 heteroatoms. The summed E-state index contributed by atoms with van der Waals surface area (Å²) in [6.07, 6.45) is -1.68. The van der Waals surface area contributed by atoms with Crippen molar-refractivity contribution >= 4 is 23.1 Å². The number of carbonyl (C=O) groups is 2. The molecule has 0 atom stereocenters. The fraction of sp³-hybridized carbons (Fsp3) is 0.308. The van der Waals surface area contributed by atoms with Gasteiger partial charge in [-0.3, -0.25) is 0 Å². The summed E-state index contributed by atoms with van der Waals surface area (Å²) in [6.45, 7) is 8.16. The lowest BCUT2D eigenvalue weighted by molar-refractivity contribution is 0.0866. The van der Waals surface area contributed by atoms with Crippen molar-refractivity contribution in [3.05, 3.63) is 60.7 Å². The van der Waals surface area contributed by atoms with Gasteiger partial charge >= 0.3 is 12.3 Å². The summed E-state index contributed by atoms with van der Waals surface area (Å²) in [5.41, 5.74) is 0. The minimum atomic E-state index is -0.850. The molecule has 0 saturated heterocycles. The zero-order valence-corrected chi connectivity index (χ0v) is 19.2. The monoisotopic (exact) mass is 452 g/mol. The van der Waals surface area contributed by atoms with Gasteiger partial charge in [0.1, 0.15) is 11.5 Å². The number of ether oxygens (including phenoxy) is 5. The molecule has 3 aromatic rings. The Morgan fingerprint density at radius 2 is 1.24 bits per heavy atom. The second-order valence-corrected chi connectivity index (χ2v) is 8.28. The molecule has 0 aromatic heterocycles. The van der Waals surface area contributed by atoms with Gasteiger partial charge in [-0.2, -0.15) is 0 Å². The first-order valence-corrected chi connectivity index (χ1v) is 10.8. The summed E-state index contributed by atoms with van der Waals surface area (Å²) < 4.78 is 27.4. The van der Waals surface area contributed by atoms with E-state index < -0.39 is 12.3 Å². The van der Waals surface area contributed by atoms with Crippen LogP contribution in [0.3, 0.4) is 0 Å². The summed E-state index contributed by atoms with van der Waals surface area (Å²) >= 11 is 0. The van der Waals surface area contributed by atoms with E-state index in [2.05, 4.69) is 0 Å². The topological polar surface area (TPSA) is 80.3 Å². The van der Waals surface area contributed by atoms with E-state index in [1.165, 1.54) is 6.07 Å². The second kappa shape index (κ2) is 11.2. The fourth-order valence-electron chi connectivity index (χ4n) is 2.87. The van der Waals surface area contributed by atoms with E-state index in [0.29, 0.717) is 16.5 Å². The van der Waals surface area contributed by atoms with Gasteiger partial charge in [0.15, 0.2) is 11.5 Å². The summed E-state index contributed by atoms with van der Waals surface area (Å²) in [4.78, 5) is 24.6. The first kappa shape index (κ1) is 23.9. The van der Waals surface area contributed by atoms with Gasteiger partial charge in [0.05, 0.1) is 13.2 Å². The van der Waals surface area contributed by atoms with Gasteiger partial charge in [0, 0.05) is 16.8 Å². The molecule has 0 unspecified atom stereocenters. The quantitative estimate of drug-likeness (QED) is 0.269. The molecule has 3 aromatic carbocycles. The van der Waals surface area contributed by atoms with Crippen LogP contribution in [0.15, 0.2) is 60.7 Å². The molecule has 0 aliphatic rings. The van der Waals surface area contributed by atoms with Crippen LogP contribution in [0.25, 0.3) is 10.8 Å². The van der Waals surface area contributed by atoms with Gasteiger partial charge < -0.3 is 23.7 Å². The summed E-state index contributed by atoms with van der Waals surface area (Å²) in [6, 6.07) is 17.5. The molecule has 3 rings (SSSR count). The van der Waals surface area contributed by atoms with Gasteiger partial charge in [-0.1, -0.05) is 70.2 Å². The maximum atomic E-state index is 12.4. The van der Waals surface area contributed by atoms with Crippen molar-refractivity contribution < 1.29 is 33.3 Å². The Hall–Kier alpha value is -3.74. The van der Waals surface area contributed by atoms with Gasteiger partial charge in [-0.25, -0.2) is 9.59 Å². The summed E-state index contributed by atoms with van der Waals surface area (Å²) in [5.74, 6) is 1.40. The molecule has 0 heterocycles. The highest BCUT2D eigenvalue weighted by Gasteiger charge is 2.22. The Labute approximate surface area is 193 Å². The van der Waals surface area contributed by atoms with Crippen LogP contribution in [0, 0.1) is 11.8 Å². The molecule has 0 amide bonds. The Balaban J connectivity index is 2.01. The number of carbonyl (C=O) groups excluding carboxylic acids is 2. The van der Waals surface area contributed by atoms with Crippen molar-refractivity contribution in [3.8, 4) is 23.0 Å². The minimum Gasteiger partial charge on any atom is -0.453 e. The van der Waals surface area contributed by atoms with Crippen molar-refractivity contribution in [2.45, 2.75) is 27.7 Å². The predicted octanol–water partition coefficient (Wildman–Crippen LogP) is 6.97. The summed E-state index contributed by atoms with van der Waals surface area (Å²) in [5, 5.41) is 1.06. The lowest BCUT2D eigenvalue weighted by Crippen LogP contribution is -2.16.